The Kier molecular flexibility index (Phi) is 8.78. The first kappa shape index (κ1) is 22.7. The van der Waals surface area contributed by atoms with E-state index in [1.807, 2.05) is 6.07 Å². The van der Waals surface area contributed by atoms with Crippen molar-refractivity contribution in [2.45, 2.75) is 38.5 Å². The van der Waals surface area contributed by atoms with Crippen molar-refractivity contribution in [3.63, 3.8) is 0 Å². The van der Waals surface area contributed by atoms with Crippen LogP contribution in [0.25, 0.3) is 0 Å². The number of nitrogens with zero attached hydrogens (tertiary/aromatic N) is 2. The molecule has 0 radical (unpaired) electrons. The predicted molar refractivity (Wildman–Crippen MR) is 124 cm³/mol. The Morgan fingerprint density at radius 3 is 2.14 bits per heavy atom. The molecule has 0 spiro atoms. The lowest BCUT2D eigenvalue weighted by Crippen LogP contribution is -2.35. The minimum absolute atomic E-state index is 0. The third-order valence-electron chi connectivity index (χ3n) is 6.00. The molecule has 0 unspecified atom stereocenters. The number of hydrogen-bond acceptors (Lipinski definition) is 3. The first-order valence-electron chi connectivity index (χ1n) is 10.2. The Labute approximate surface area is 181 Å². The molecule has 0 saturated carbocycles. The molecule has 2 aromatic rings. The molecule has 154 valence electrons. The van der Waals surface area contributed by atoms with Crippen molar-refractivity contribution in [1.82, 2.24) is 0 Å². The third-order valence-corrected chi connectivity index (χ3v) is 6.00. The molecule has 28 heavy (non-hydrogen) atoms. The van der Waals surface area contributed by atoms with E-state index in [4.69, 9.17) is 0 Å². The fourth-order valence-corrected chi connectivity index (χ4v) is 4.44. The lowest BCUT2D eigenvalue weighted by atomic mass is 9.90. The van der Waals surface area contributed by atoms with Crippen molar-refractivity contribution in [3.8, 4) is 5.75 Å². The Morgan fingerprint density at radius 1 is 0.786 bits per heavy atom. The van der Waals surface area contributed by atoms with Crippen molar-refractivity contribution in [1.29, 1.82) is 0 Å². The van der Waals surface area contributed by atoms with Crippen LogP contribution in [0.2, 0.25) is 0 Å². The zero-order valence-corrected chi connectivity index (χ0v) is 18.1. The highest BCUT2D eigenvalue weighted by atomic mass is 35.5. The summed E-state index contributed by atoms with van der Waals surface area (Å²) in [6.07, 6.45) is 7.47. The van der Waals surface area contributed by atoms with Gasteiger partial charge >= 0.3 is 0 Å². The maximum Gasteiger partial charge on any atom is 0.139 e. The standard InChI is InChI=1S/C23H30N2O.2ClH/c26-23-10-9-21(24-13-5-2-6-14-24)18-22(23)25-15-11-20(12-16-25)17-19-7-3-1-4-8-19;;/h1,3-4,7-10,18,20,26H,2,5-6,11-17H2;2*1H. The summed E-state index contributed by atoms with van der Waals surface area (Å²) < 4.78 is 0. The van der Waals surface area contributed by atoms with Crippen LogP contribution in [0.5, 0.6) is 5.75 Å². The average molecular weight is 423 g/mol. The molecular formula is C23H32Cl2N2O. The Morgan fingerprint density at radius 2 is 1.46 bits per heavy atom. The topological polar surface area (TPSA) is 26.7 Å². The van der Waals surface area contributed by atoms with Gasteiger partial charge < -0.3 is 14.9 Å². The van der Waals surface area contributed by atoms with E-state index in [0.29, 0.717) is 5.75 Å². The van der Waals surface area contributed by atoms with Crippen LogP contribution < -0.4 is 9.80 Å². The van der Waals surface area contributed by atoms with Crippen molar-refractivity contribution in [2.75, 3.05) is 36.0 Å². The van der Waals surface area contributed by atoms with E-state index >= 15 is 0 Å². The molecule has 2 saturated heterocycles. The zero-order chi connectivity index (χ0) is 17.8. The van der Waals surface area contributed by atoms with E-state index in [1.54, 1.807) is 0 Å². The molecule has 2 aromatic carbocycles. The number of rotatable bonds is 4. The smallest absolute Gasteiger partial charge is 0.139 e. The number of hydrogen-bond donors (Lipinski definition) is 1. The zero-order valence-electron chi connectivity index (χ0n) is 16.4. The fraction of sp³-hybridized carbons (Fsp3) is 0.478. The predicted octanol–water partition coefficient (Wildman–Crippen LogP) is 5.69. The molecule has 2 fully saturated rings. The molecule has 1 N–H and O–H groups in total. The minimum atomic E-state index is 0. The van der Waals surface area contributed by atoms with Crippen LogP contribution in [0, 0.1) is 5.92 Å². The van der Waals surface area contributed by atoms with Gasteiger partial charge in [-0.1, -0.05) is 30.3 Å². The molecule has 0 atom stereocenters. The number of phenolic OH excluding ortho intramolecular Hbond substituents is 1. The van der Waals surface area contributed by atoms with Gasteiger partial charge in [0.05, 0.1) is 5.69 Å². The largest absolute Gasteiger partial charge is 0.506 e. The Balaban J connectivity index is 0.00000140. The summed E-state index contributed by atoms with van der Waals surface area (Å²) in [5, 5.41) is 10.4. The molecule has 5 heteroatoms. The minimum Gasteiger partial charge on any atom is -0.506 e. The molecular weight excluding hydrogens is 391 g/mol. The van der Waals surface area contributed by atoms with E-state index in [0.717, 1.165) is 37.8 Å². The quantitative estimate of drug-likeness (QED) is 0.685. The van der Waals surface area contributed by atoms with Gasteiger partial charge in [0.25, 0.3) is 0 Å². The van der Waals surface area contributed by atoms with E-state index in [1.165, 1.54) is 49.8 Å². The molecule has 2 aliphatic heterocycles. The van der Waals surface area contributed by atoms with Gasteiger partial charge in [-0.2, -0.15) is 0 Å². The van der Waals surface area contributed by atoms with Gasteiger partial charge in [-0.25, -0.2) is 0 Å². The SMILES string of the molecule is Cl.Cl.Oc1ccc(N2CCCCC2)cc1N1CCC(Cc2ccccc2)CC1. The summed E-state index contributed by atoms with van der Waals surface area (Å²) in [6, 6.07) is 17.0. The Hall–Kier alpha value is -1.58. The van der Waals surface area contributed by atoms with Gasteiger partial charge in [0.15, 0.2) is 0 Å². The van der Waals surface area contributed by atoms with Crippen molar-refractivity contribution < 1.29 is 5.11 Å². The number of anilines is 2. The highest BCUT2D eigenvalue weighted by molar-refractivity contribution is 5.85. The van der Waals surface area contributed by atoms with Gasteiger partial charge in [-0.05, 0) is 68.2 Å². The third kappa shape index (κ3) is 5.48. The highest BCUT2D eigenvalue weighted by Crippen LogP contribution is 2.35. The molecule has 0 aliphatic carbocycles. The van der Waals surface area contributed by atoms with Gasteiger partial charge in [0.2, 0.25) is 0 Å². The van der Waals surface area contributed by atoms with Crippen LogP contribution >= 0.6 is 24.8 Å². The first-order valence-corrected chi connectivity index (χ1v) is 10.2. The second kappa shape index (κ2) is 10.8. The molecule has 0 bridgehead atoms. The van der Waals surface area contributed by atoms with Crippen LogP contribution in [-0.4, -0.2) is 31.3 Å². The maximum absolute atomic E-state index is 10.4. The summed E-state index contributed by atoms with van der Waals surface area (Å²) in [6.45, 7) is 4.36. The number of halogens is 2. The van der Waals surface area contributed by atoms with Gasteiger partial charge in [0, 0.05) is 31.9 Å². The summed E-state index contributed by atoms with van der Waals surface area (Å²) in [4.78, 5) is 4.85. The summed E-state index contributed by atoms with van der Waals surface area (Å²) in [7, 11) is 0. The molecule has 0 amide bonds. The second-order valence-electron chi connectivity index (χ2n) is 7.84. The van der Waals surface area contributed by atoms with E-state index < -0.39 is 0 Å². The summed E-state index contributed by atoms with van der Waals surface area (Å²) >= 11 is 0. The number of piperidine rings is 2. The van der Waals surface area contributed by atoms with Crippen molar-refractivity contribution >= 4 is 36.2 Å². The normalized spacial score (nSPS) is 17.6. The molecule has 3 nitrogen and oxygen atoms in total. The first-order chi connectivity index (χ1) is 12.8. The van der Waals surface area contributed by atoms with Gasteiger partial charge in [-0.15, -0.1) is 24.8 Å². The average Bonchev–Trinajstić information content (AvgIpc) is 2.71. The lowest BCUT2D eigenvalue weighted by molar-refractivity contribution is 0.398. The second-order valence-corrected chi connectivity index (χ2v) is 7.84. The fourth-order valence-electron chi connectivity index (χ4n) is 4.44. The number of phenols is 1. The van der Waals surface area contributed by atoms with Gasteiger partial charge in [0.1, 0.15) is 5.75 Å². The van der Waals surface area contributed by atoms with Crippen LogP contribution in [0.15, 0.2) is 48.5 Å². The lowest BCUT2D eigenvalue weighted by Gasteiger charge is -2.35. The van der Waals surface area contributed by atoms with Crippen molar-refractivity contribution in [3.05, 3.63) is 54.1 Å². The van der Waals surface area contributed by atoms with Crippen LogP contribution in [0.1, 0.15) is 37.7 Å². The highest BCUT2D eigenvalue weighted by Gasteiger charge is 2.22. The monoisotopic (exact) mass is 422 g/mol. The van der Waals surface area contributed by atoms with Crippen LogP contribution in [0.4, 0.5) is 11.4 Å². The van der Waals surface area contributed by atoms with E-state index in [9.17, 15) is 5.11 Å². The number of benzene rings is 2. The summed E-state index contributed by atoms with van der Waals surface area (Å²) in [5.74, 6) is 1.17. The van der Waals surface area contributed by atoms with E-state index in [2.05, 4.69) is 52.3 Å². The summed E-state index contributed by atoms with van der Waals surface area (Å²) in [5.41, 5.74) is 3.73. The number of aromatic hydroxyl groups is 1. The molecule has 2 heterocycles. The molecule has 0 aromatic heterocycles. The molecule has 2 aliphatic rings. The van der Waals surface area contributed by atoms with Crippen LogP contribution in [0.3, 0.4) is 0 Å². The maximum atomic E-state index is 10.4. The van der Waals surface area contributed by atoms with Crippen molar-refractivity contribution in [2.24, 2.45) is 5.92 Å². The van der Waals surface area contributed by atoms with Crippen LogP contribution in [-0.2, 0) is 6.42 Å². The van der Waals surface area contributed by atoms with E-state index in [-0.39, 0.29) is 24.8 Å². The van der Waals surface area contributed by atoms with Gasteiger partial charge in [-0.3, -0.25) is 0 Å². The Bertz CT molecular complexity index is 712. The molecule has 4 rings (SSSR count).